The number of aromatic nitrogens is 2. The maximum absolute atomic E-state index is 4.62. The average molecular weight is 298 g/mol. The number of piperazine rings is 1. The van der Waals surface area contributed by atoms with E-state index in [1.54, 1.807) is 11.3 Å². The summed E-state index contributed by atoms with van der Waals surface area (Å²) >= 11 is 1.71. The van der Waals surface area contributed by atoms with Gasteiger partial charge in [-0.1, -0.05) is 0 Å². The predicted molar refractivity (Wildman–Crippen MR) is 87.7 cm³/mol. The van der Waals surface area contributed by atoms with Crippen LogP contribution < -0.4 is 10.2 Å². The van der Waals surface area contributed by atoms with Gasteiger partial charge in [-0.3, -0.25) is 4.98 Å². The molecular formula is C16H18N4S. The lowest BCUT2D eigenvalue weighted by Crippen LogP contribution is -2.43. The van der Waals surface area contributed by atoms with Gasteiger partial charge in [-0.25, -0.2) is 4.98 Å². The topological polar surface area (TPSA) is 41.1 Å². The largest absolute Gasteiger partial charge is 0.368 e. The van der Waals surface area contributed by atoms with Gasteiger partial charge in [-0.2, -0.15) is 0 Å². The number of thiazole rings is 1. The third kappa shape index (κ3) is 2.36. The van der Waals surface area contributed by atoms with Crippen LogP contribution in [0.1, 0.15) is 22.0 Å². The Morgan fingerprint density at radius 3 is 2.90 bits per heavy atom. The molecule has 0 aromatic carbocycles. The number of pyridine rings is 1. The van der Waals surface area contributed by atoms with Gasteiger partial charge in [0.25, 0.3) is 0 Å². The van der Waals surface area contributed by atoms with Crippen molar-refractivity contribution in [3.8, 4) is 0 Å². The van der Waals surface area contributed by atoms with E-state index < -0.39 is 0 Å². The van der Waals surface area contributed by atoms with Crippen LogP contribution in [0.5, 0.6) is 0 Å². The molecule has 4 nitrogen and oxygen atoms in total. The highest BCUT2D eigenvalue weighted by Crippen LogP contribution is 2.36. The molecule has 4 rings (SSSR count). The molecule has 108 valence electrons. The molecule has 3 heterocycles. The Kier molecular flexibility index (Phi) is 3.24. The van der Waals surface area contributed by atoms with Gasteiger partial charge in [0.1, 0.15) is 0 Å². The van der Waals surface area contributed by atoms with E-state index in [1.807, 2.05) is 6.20 Å². The fraction of sp³-hybridized carbons (Fsp3) is 0.375. The highest BCUT2D eigenvalue weighted by molar-refractivity contribution is 7.09. The fourth-order valence-electron chi connectivity index (χ4n) is 3.07. The predicted octanol–water partition coefficient (Wildman–Crippen LogP) is 2.35. The Morgan fingerprint density at radius 1 is 1.29 bits per heavy atom. The van der Waals surface area contributed by atoms with Crippen LogP contribution in [0.25, 0.3) is 11.6 Å². The van der Waals surface area contributed by atoms with Crippen LogP contribution in [0.4, 0.5) is 5.69 Å². The lowest BCUT2D eigenvalue weighted by molar-refractivity contribution is 0.588. The second kappa shape index (κ2) is 5.24. The molecule has 0 radical (unpaired) electrons. The summed E-state index contributed by atoms with van der Waals surface area (Å²) in [6, 6.07) is 2.15. The van der Waals surface area contributed by atoms with Crippen LogP contribution in [0.2, 0.25) is 0 Å². The van der Waals surface area contributed by atoms with Crippen molar-refractivity contribution in [1.82, 2.24) is 15.3 Å². The summed E-state index contributed by atoms with van der Waals surface area (Å²) in [6.07, 6.45) is 5.13. The Balaban J connectivity index is 1.71. The molecule has 0 bridgehead atoms. The van der Waals surface area contributed by atoms with Gasteiger partial charge < -0.3 is 10.2 Å². The fourth-order valence-corrected chi connectivity index (χ4v) is 3.70. The number of allylic oxidation sites excluding steroid dienone is 1. The number of nitrogens with zero attached hydrogens (tertiary/aromatic N) is 3. The summed E-state index contributed by atoms with van der Waals surface area (Å²) in [5, 5.41) is 6.68. The van der Waals surface area contributed by atoms with Gasteiger partial charge in [0.05, 0.1) is 16.4 Å². The van der Waals surface area contributed by atoms with E-state index in [0.29, 0.717) is 0 Å². The molecule has 1 aliphatic carbocycles. The summed E-state index contributed by atoms with van der Waals surface area (Å²) in [6.45, 7) is 6.30. The summed E-state index contributed by atoms with van der Waals surface area (Å²) in [5.41, 5.74) is 6.21. The number of fused-ring (bicyclic) bond motifs is 1. The molecule has 2 aromatic heterocycles. The van der Waals surface area contributed by atoms with Gasteiger partial charge >= 0.3 is 0 Å². The maximum Gasteiger partial charge on any atom is 0.0901 e. The molecule has 0 spiro atoms. The monoisotopic (exact) mass is 298 g/mol. The molecule has 0 saturated carbocycles. The molecule has 0 atom stereocenters. The van der Waals surface area contributed by atoms with E-state index in [0.717, 1.165) is 43.3 Å². The first kappa shape index (κ1) is 13.0. The van der Waals surface area contributed by atoms with Crippen molar-refractivity contribution in [2.24, 2.45) is 0 Å². The number of hydrogen-bond acceptors (Lipinski definition) is 5. The van der Waals surface area contributed by atoms with Crippen molar-refractivity contribution in [2.45, 2.75) is 13.3 Å². The van der Waals surface area contributed by atoms with Crippen LogP contribution in [-0.2, 0) is 6.42 Å². The molecule has 2 aromatic rings. The standard InChI is InChI=1S/C16H18N4S/c1-11-19-15(10-21-11)12-8-13-14(9-12)18-3-2-16(13)20-6-4-17-5-7-20/h2-3,8,10,17H,4-7,9H2,1H3. The smallest absolute Gasteiger partial charge is 0.0901 e. The molecule has 1 saturated heterocycles. The lowest BCUT2D eigenvalue weighted by atomic mass is 10.1. The van der Waals surface area contributed by atoms with Gasteiger partial charge in [0.15, 0.2) is 0 Å². The van der Waals surface area contributed by atoms with Gasteiger partial charge in [-0.05, 0) is 24.6 Å². The van der Waals surface area contributed by atoms with Gasteiger partial charge in [0, 0.05) is 55.4 Å². The van der Waals surface area contributed by atoms with E-state index in [2.05, 4.69) is 44.6 Å². The molecule has 0 unspecified atom stereocenters. The first-order chi connectivity index (χ1) is 10.3. The van der Waals surface area contributed by atoms with Crippen molar-refractivity contribution in [1.29, 1.82) is 0 Å². The summed E-state index contributed by atoms with van der Waals surface area (Å²) < 4.78 is 0. The Morgan fingerprint density at radius 2 is 2.14 bits per heavy atom. The summed E-state index contributed by atoms with van der Waals surface area (Å²) in [7, 11) is 0. The number of hydrogen-bond donors (Lipinski definition) is 1. The highest BCUT2D eigenvalue weighted by atomic mass is 32.1. The molecular weight excluding hydrogens is 280 g/mol. The average Bonchev–Trinajstić information content (AvgIpc) is 3.13. The summed E-state index contributed by atoms with van der Waals surface area (Å²) in [5.74, 6) is 0. The SMILES string of the molecule is Cc1nc(C2=Cc3c(N4CCNCC4)ccnc3C2)cs1. The van der Waals surface area contributed by atoms with Crippen LogP contribution >= 0.6 is 11.3 Å². The van der Waals surface area contributed by atoms with E-state index in [-0.39, 0.29) is 0 Å². The lowest BCUT2D eigenvalue weighted by Gasteiger charge is -2.30. The molecule has 0 amide bonds. The van der Waals surface area contributed by atoms with E-state index >= 15 is 0 Å². The molecule has 1 N–H and O–H groups in total. The van der Waals surface area contributed by atoms with Crippen molar-refractivity contribution in [2.75, 3.05) is 31.1 Å². The molecule has 1 aliphatic heterocycles. The second-order valence-corrected chi connectivity index (χ2v) is 6.59. The highest BCUT2D eigenvalue weighted by Gasteiger charge is 2.22. The zero-order valence-corrected chi connectivity index (χ0v) is 12.9. The van der Waals surface area contributed by atoms with Crippen molar-refractivity contribution >= 4 is 28.7 Å². The minimum absolute atomic E-state index is 0.901. The quantitative estimate of drug-likeness (QED) is 0.924. The van der Waals surface area contributed by atoms with E-state index in [1.165, 1.54) is 22.5 Å². The summed E-state index contributed by atoms with van der Waals surface area (Å²) in [4.78, 5) is 11.7. The number of rotatable bonds is 2. The number of anilines is 1. The first-order valence-electron chi connectivity index (χ1n) is 7.38. The van der Waals surface area contributed by atoms with Crippen molar-refractivity contribution < 1.29 is 0 Å². The van der Waals surface area contributed by atoms with Crippen LogP contribution in [-0.4, -0.2) is 36.1 Å². The zero-order chi connectivity index (χ0) is 14.2. The molecule has 21 heavy (non-hydrogen) atoms. The maximum atomic E-state index is 4.62. The molecule has 2 aliphatic rings. The zero-order valence-electron chi connectivity index (χ0n) is 12.1. The Labute approximate surface area is 128 Å². The Hall–Kier alpha value is -1.72. The minimum Gasteiger partial charge on any atom is -0.368 e. The number of nitrogens with one attached hydrogen (secondary N) is 1. The van der Waals surface area contributed by atoms with Gasteiger partial charge in [-0.15, -0.1) is 11.3 Å². The minimum atomic E-state index is 0.901. The van der Waals surface area contributed by atoms with Gasteiger partial charge in [0.2, 0.25) is 0 Å². The second-order valence-electron chi connectivity index (χ2n) is 5.53. The van der Waals surface area contributed by atoms with Crippen LogP contribution in [0.15, 0.2) is 17.6 Å². The van der Waals surface area contributed by atoms with E-state index in [9.17, 15) is 0 Å². The van der Waals surface area contributed by atoms with E-state index in [4.69, 9.17) is 0 Å². The Bertz CT molecular complexity index is 698. The first-order valence-corrected chi connectivity index (χ1v) is 8.26. The third-order valence-corrected chi connectivity index (χ3v) is 4.91. The van der Waals surface area contributed by atoms with Crippen molar-refractivity contribution in [3.05, 3.63) is 39.6 Å². The third-order valence-electron chi connectivity index (χ3n) is 4.13. The molecule has 1 fully saturated rings. The van der Waals surface area contributed by atoms with Crippen LogP contribution in [0, 0.1) is 6.92 Å². The number of aryl methyl sites for hydroxylation is 1. The van der Waals surface area contributed by atoms with Crippen molar-refractivity contribution in [3.63, 3.8) is 0 Å². The normalized spacial score (nSPS) is 17.8. The molecule has 5 heteroatoms. The van der Waals surface area contributed by atoms with Crippen LogP contribution in [0.3, 0.4) is 0 Å².